The van der Waals surface area contributed by atoms with Crippen molar-refractivity contribution in [2.75, 3.05) is 6.54 Å². The highest BCUT2D eigenvalue weighted by Gasteiger charge is 2.19. The van der Waals surface area contributed by atoms with Gasteiger partial charge in [-0.15, -0.1) is 0 Å². The molecular weight excluding hydrogens is 268 g/mol. The maximum Gasteiger partial charge on any atom is 0.0252 e. The normalized spacial score (nSPS) is 14.7. The monoisotopic (exact) mass is 288 g/mol. The Morgan fingerprint density at radius 3 is 2.68 bits per heavy atom. The fraction of sp³-hybridized carbons (Fsp3) is 0.200. The van der Waals surface area contributed by atoms with Gasteiger partial charge in [0.1, 0.15) is 0 Å². The molecule has 0 fully saturated rings. The van der Waals surface area contributed by atoms with Gasteiger partial charge in [0.25, 0.3) is 0 Å². The maximum atomic E-state index is 3.14. The number of hydrogen-bond donors (Lipinski definition) is 1. The molecule has 2 heterocycles. The zero-order valence-corrected chi connectivity index (χ0v) is 12.6. The van der Waals surface area contributed by atoms with Gasteiger partial charge in [0.2, 0.25) is 0 Å². The minimum Gasteiger partial charge on any atom is -0.367 e. The Balaban J connectivity index is 1.61. The Morgan fingerprint density at radius 2 is 1.86 bits per heavy atom. The molecule has 1 aliphatic rings. The molecule has 0 spiro atoms. The fourth-order valence-corrected chi connectivity index (χ4v) is 3.41. The van der Waals surface area contributed by atoms with Crippen molar-refractivity contribution in [1.29, 1.82) is 0 Å². The van der Waals surface area contributed by atoms with E-state index in [9.17, 15) is 0 Å². The van der Waals surface area contributed by atoms with Crippen LogP contribution in [0.25, 0.3) is 11.1 Å². The Hall–Kier alpha value is -2.32. The first-order valence-electron chi connectivity index (χ1n) is 7.90. The van der Waals surface area contributed by atoms with Crippen molar-refractivity contribution in [3.8, 4) is 11.1 Å². The standard InChI is InChI=1S/C20H20N2/c1-2-5-17(6-3-1)19-8-4-7-18-15-22(12-10-20(18)19)14-16-9-11-21-13-16/h1-9,11,13,21H,10,12,14-15H2. The van der Waals surface area contributed by atoms with Gasteiger partial charge in [-0.3, -0.25) is 4.90 Å². The maximum absolute atomic E-state index is 3.14. The first-order valence-corrected chi connectivity index (χ1v) is 7.90. The molecule has 4 rings (SSSR count). The third-order valence-electron chi connectivity index (χ3n) is 4.50. The molecule has 0 amide bonds. The first-order chi connectivity index (χ1) is 10.9. The minimum absolute atomic E-state index is 1.03. The highest BCUT2D eigenvalue weighted by atomic mass is 15.1. The lowest BCUT2D eigenvalue weighted by molar-refractivity contribution is 0.246. The van der Waals surface area contributed by atoms with Crippen LogP contribution in [0, 0.1) is 0 Å². The van der Waals surface area contributed by atoms with Crippen LogP contribution in [0.3, 0.4) is 0 Å². The van der Waals surface area contributed by atoms with Gasteiger partial charge in [0.15, 0.2) is 0 Å². The molecule has 1 aliphatic heterocycles. The molecule has 2 nitrogen and oxygen atoms in total. The minimum atomic E-state index is 1.03. The van der Waals surface area contributed by atoms with Crippen molar-refractivity contribution >= 4 is 0 Å². The van der Waals surface area contributed by atoms with Crippen molar-refractivity contribution in [2.45, 2.75) is 19.5 Å². The van der Waals surface area contributed by atoms with Gasteiger partial charge in [0, 0.05) is 32.0 Å². The average Bonchev–Trinajstić information content (AvgIpc) is 3.08. The first kappa shape index (κ1) is 13.4. The molecule has 0 unspecified atom stereocenters. The summed E-state index contributed by atoms with van der Waals surface area (Å²) in [7, 11) is 0. The Bertz CT molecular complexity index is 745. The van der Waals surface area contributed by atoms with E-state index in [2.05, 4.69) is 70.7 Å². The third-order valence-corrected chi connectivity index (χ3v) is 4.50. The molecule has 0 atom stereocenters. The smallest absolute Gasteiger partial charge is 0.0252 e. The number of nitrogens with zero attached hydrogens (tertiary/aromatic N) is 1. The number of nitrogens with one attached hydrogen (secondary N) is 1. The molecule has 3 aromatic rings. The Kier molecular flexibility index (Phi) is 3.53. The van der Waals surface area contributed by atoms with E-state index in [0.29, 0.717) is 0 Å². The number of fused-ring (bicyclic) bond motifs is 1. The van der Waals surface area contributed by atoms with Gasteiger partial charge in [-0.05, 0) is 40.3 Å². The topological polar surface area (TPSA) is 19.0 Å². The summed E-state index contributed by atoms with van der Waals surface area (Å²) in [6, 6.07) is 19.6. The second-order valence-electron chi connectivity index (χ2n) is 5.99. The van der Waals surface area contributed by atoms with Crippen LogP contribution in [0.5, 0.6) is 0 Å². The van der Waals surface area contributed by atoms with Crippen LogP contribution in [-0.2, 0) is 19.5 Å². The van der Waals surface area contributed by atoms with E-state index in [1.807, 2.05) is 6.20 Å². The second-order valence-corrected chi connectivity index (χ2v) is 5.99. The summed E-state index contributed by atoms with van der Waals surface area (Å²) in [5.74, 6) is 0. The lowest BCUT2D eigenvalue weighted by Crippen LogP contribution is -2.30. The molecule has 22 heavy (non-hydrogen) atoms. The van der Waals surface area contributed by atoms with Crippen molar-refractivity contribution in [1.82, 2.24) is 9.88 Å². The number of aromatic nitrogens is 1. The van der Waals surface area contributed by atoms with Gasteiger partial charge in [-0.2, -0.15) is 0 Å². The summed E-state index contributed by atoms with van der Waals surface area (Å²) in [6.45, 7) is 3.20. The third kappa shape index (κ3) is 2.58. The van der Waals surface area contributed by atoms with E-state index < -0.39 is 0 Å². The molecule has 0 bridgehead atoms. The zero-order valence-electron chi connectivity index (χ0n) is 12.6. The highest BCUT2D eigenvalue weighted by Crippen LogP contribution is 2.30. The molecule has 0 aliphatic carbocycles. The summed E-state index contributed by atoms with van der Waals surface area (Å²) >= 11 is 0. The summed E-state index contributed by atoms with van der Waals surface area (Å²) in [5.41, 5.74) is 7.10. The second kappa shape index (κ2) is 5.82. The number of hydrogen-bond acceptors (Lipinski definition) is 1. The molecule has 1 aromatic heterocycles. The van der Waals surface area contributed by atoms with Crippen molar-refractivity contribution in [3.63, 3.8) is 0 Å². The van der Waals surface area contributed by atoms with E-state index in [4.69, 9.17) is 0 Å². The molecule has 2 heteroatoms. The van der Waals surface area contributed by atoms with Crippen molar-refractivity contribution < 1.29 is 0 Å². The Morgan fingerprint density at radius 1 is 0.955 bits per heavy atom. The van der Waals surface area contributed by atoms with Gasteiger partial charge in [-0.1, -0.05) is 48.5 Å². The summed E-state index contributed by atoms with van der Waals surface area (Å²) in [5, 5.41) is 0. The van der Waals surface area contributed by atoms with Crippen LogP contribution in [0.1, 0.15) is 16.7 Å². The average molecular weight is 288 g/mol. The molecule has 0 radical (unpaired) electrons. The van der Waals surface area contributed by atoms with E-state index in [-0.39, 0.29) is 0 Å². The van der Waals surface area contributed by atoms with E-state index in [0.717, 1.165) is 26.1 Å². The van der Waals surface area contributed by atoms with E-state index in [1.54, 1.807) is 0 Å². The summed E-state index contributed by atoms with van der Waals surface area (Å²) in [4.78, 5) is 5.67. The summed E-state index contributed by atoms with van der Waals surface area (Å²) < 4.78 is 0. The van der Waals surface area contributed by atoms with Gasteiger partial charge >= 0.3 is 0 Å². The number of H-pyrrole nitrogens is 1. The number of aromatic amines is 1. The van der Waals surface area contributed by atoms with Crippen LogP contribution in [0.2, 0.25) is 0 Å². The predicted octanol–water partition coefficient (Wildman–Crippen LogP) is 4.24. The molecular formula is C20H20N2. The van der Waals surface area contributed by atoms with Gasteiger partial charge in [-0.25, -0.2) is 0 Å². The van der Waals surface area contributed by atoms with E-state index >= 15 is 0 Å². The van der Waals surface area contributed by atoms with Crippen LogP contribution < -0.4 is 0 Å². The lowest BCUT2D eigenvalue weighted by Gasteiger charge is -2.30. The van der Waals surface area contributed by atoms with Crippen molar-refractivity contribution in [2.24, 2.45) is 0 Å². The zero-order chi connectivity index (χ0) is 14.8. The van der Waals surface area contributed by atoms with Crippen LogP contribution >= 0.6 is 0 Å². The van der Waals surface area contributed by atoms with E-state index in [1.165, 1.54) is 27.8 Å². The SMILES string of the molecule is c1ccc(-c2cccc3c2CCN(Cc2cc[nH]c2)C3)cc1. The number of rotatable bonds is 3. The van der Waals surface area contributed by atoms with Crippen LogP contribution in [0.15, 0.2) is 67.0 Å². The van der Waals surface area contributed by atoms with Crippen LogP contribution in [-0.4, -0.2) is 16.4 Å². The van der Waals surface area contributed by atoms with Gasteiger partial charge < -0.3 is 4.98 Å². The van der Waals surface area contributed by atoms with Crippen molar-refractivity contribution in [3.05, 3.63) is 83.7 Å². The lowest BCUT2D eigenvalue weighted by atomic mass is 9.90. The molecule has 1 N–H and O–H groups in total. The summed E-state index contributed by atoms with van der Waals surface area (Å²) in [6.07, 6.45) is 5.22. The van der Waals surface area contributed by atoms with Gasteiger partial charge in [0.05, 0.1) is 0 Å². The molecule has 0 saturated carbocycles. The highest BCUT2D eigenvalue weighted by molar-refractivity contribution is 5.69. The largest absolute Gasteiger partial charge is 0.367 e. The molecule has 2 aromatic carbocycles. The quantitative estimate of drug-likeness (QED) is 0.763. The molecule has 0 saturated heterocycles. The number of benzene rings is 2. The molecule has 110 valence electrons. The Labute approximate surface area is 131 Å². The fourth-order valence-electron chi connectivity index (χ4n) is 3.41. The predicted molar refractivity (Wildman–Crippen MR) is 90.5 cm³/mol. The van der Waals surface area contributed by atoms with Crippen LogP contribution in [0.4, 0.5) is 0 Å².